The number of hydrogen-bond acceptors (Lipinski definition) is 4. The zero-order valence-corrected chi connectivity index (χ0v) is 12.4. The Morgan fingerprint density at radius 1 is 1.00 bits per heavy atom. The van der Waals surface area contributed by atoms with Gasteiger partial charge in [-0.25, -0.2) is 19.6 Å². The van der Waals surface area contributed by atoms with Gasteiger partial charge in [-0.15, -0.1) is 0 Å². The molecule has 0 aliphatic heterocycles. The van der Waals surface area contributed by atoms with Gasteiger partial charge in [-0.2, -0.15) is 0 Å². The van der Waals surface area contributed by atoms with Crippen LogP contribution in [0.5, 0.6) is 0 Å². The molecule has 0 aromatic rings. The minimum Gasteiger partial charge on any atom is -0.211 e. The number of aliphatic imine (C=N–C) groups is 2. The molecule has 0 spiro atoms. The van der Waals surface area contributed by atoms with Gasteiger partial charge in [-0.05, 0) is 55.8 Å². The van der Waals surface area contributed by atoms with Crippen molar-refractivity contribution in [2.45, 2.75) is 64.5 Å². The average Bonchev–Trinajstić information content (AvgIpc) is 3.04. The van der Waals surface area contributed by atoms with Crippen molar-refractivity contribution in [2.24, 2.45) is 33.7 Å². The fourth-order valence-corrected chi connectivity index (χ4v) is 4.64. The Morgan fingerprint density at radius 3 is 2.10 bits per heavy atom. The third kappa shape index (κ3) is 2.92. The highest BCUT2D eigenvalue weighted by Crippen LogP contribution is 2.55. The molecule has 0 amide bonds. The van der Waals surface area contributed by atoms with E-state index < -0.39 is 0 Å². The van der Waals surface area contributed by atoms with Crippen LogP contribution in [0, 0.1) is 23.7 Å². The molecule has 2 aliphatic carbocycles. The third-order valence-electron chi connectivity index (χ3n) is 5.34. The molecule has 0 radical (unpaired) electrons. The van der Waals surface area contributed by atoms with Crippen molar-refractivity contribution in [3.05, 3.63) is 0 Å². The maximum atomic E-state index is 10.7. The largest absolute Gasteiger partial charge is 0.235 e. The molecular weight excluding hydrogens is 252 g/mol. The number of fused-ring (bicyclic) bond motifs is 2. The van der Waals surface area contributed by atoms with Crippen LogP contribution in [0.4, 0.5) is 0 Å². The molecule has 0 aromatic carbocycles. The first-order chi connectivity index (χ1) is 9.74. The molecule has 2 saturated carbocycles. The first-order valence-corrected chi connectivity index (χ1v) is 7.89. The second kappa shape index (κ2) is 6.97. The Labute approximate surface area is 120 Å². The van der Waals surface area contributed by atoms with Crippen LogP contribution >= 0.6 is 0 Å². The standard InChI is InChI=1S/C16H24N2O2/c1-3-5-16(18-10-20)14-8-11-6-12(14)13(7-11)15(4-2)17-9-19/h11-16H,3-8H2,1-2H3. The number of hydrogen-bond donors (Lipinski definition) is 0. The monoisotopic (exact) mass is 276 g/mol. The van der Waals surface area contributed by atoms with Crippen LogP contribution in [0.3, 0.4) is 0 Å². The maximum absolute atomic E-state index is 10.7. The molecule has 4 nitrogen and oxygen atoms in total. The van der Waals surface area contributed by atoms with Crippen molar-refractivity contribution in [3.63, 3.8) is 0 Å². The molecule has 0 heterocycles. The highest BCUT2D eigenvalue weighted by molar-refractivity contribution is 5.34. The van der Waals surface area contributed by atoms with Crippen LogP contribution in [0.15, 0.2) is 9.98 Å². The number of isocyanates is 2. The predicted octanol–water partition coefficient (Wildman–Crippen LogP) is 3.27. The van der Waals surface area contributed by atoms with Crippen LogP contribution in [0.2, 0.25) is 0 Å². The van der Waals surface area contributed by atoms with E-state index in [4.69, 9.17) is 0 Å². The lowest BCUT2D eigenvalue weighted by Gasteiger charge is -2.35. The molecule has 0 aromatic heterocycles. The summed E-state index contributed by atoms with van der Waals surface area (Å²) >= 11 is 0. The van der Waals surface area contributed by atoms with E-state index >= 15 is 0 Å². The Kier molecular flexibility index (Phi) is 5.28. The van der Waals surface area contributed by atoms with Crippen LogP contribution in [-0.2, 0) is 9.59 Å². The quantitative estimate of drug-likeness (QED) is 0.529. The molecule has 2 rings (SSSR count). The molecule has 6 unspecified atom stereocenters. The first kappa shape index (κ1) is 15.2. The van der Waals surface area contributed by atoms with E-state index in [0.29, 0.717) is 17.8 Å². The summed E-state index contributed by atoms with van der Waals surface area (Å²) in [6, 6.07) is 0.223. The van der Waals surface area contributed by atoms with Gasteiger partial charge in [-0.1, -0.05) is 20.3 Å². The van der Waals surface area contributed by atoms with Gasteiger partial charge in [-0.3, -0.25) is 0 Å². The summed E-state index contributed by atoms with van der Waals surface area (Å²) in [5.41, 5.74) is 0. The predicted molar refractivity (Wildman–Crippen MR) is 76.8 cm³/mol. The highest BCUT2D eigenvalue weighted by atomic mass is 16.1. The fraction of sp³-hybridized carbons (Fsp3) is 0.875. The van der Waals surface area contributed by atoms with Crippen molar-refractivity contribution in [2.75, 3.05) is 0 Å². The van der Waals surface area contributed by atoms with Gasteiger partial charge in [0.05, 0.1) is 12.1 Å². The molecule has 110 valence electrons. The lowest BCUT2D eigenvalue weighted by Crippen LogP contribution is -2.34. The highest BCUT2D eigenvalue weighted by Gasteiger charge is 2.50. The summed E-state index contributed by atoms with van der Waals surface area (Å²) in [6.45, 7) is 4.21. The maximum Gasteiger partial charge on any atom is 0.235 e. The third-order valence-corrected chi connectivity index (χ3v) is 5.34. The van der Waals surface area contributed by atoms with E-state index in [-0.39, 0.29) is 12.1 Å². The summed E-state index contributed by atoms with van der Waals surface area (Å²) in [6.07, 6.45) is 9.97. The summed E-state index contributed by atoms with van der Waals surface area (Å²) in [5.74, 6) is 2.25. The zero-order valence-electron chi connectivity index (χ0n) is 12.4. The van der Waals surface area contributed by atoms with Gasteiger partial charge in [0, 0.05) is 0 Å². The molecule has 0 saturated heterocycles. The number of nitrogens with zero attached hydrogens (tertiary/aromatic N) is 2. The van der Waals surface area contributed by atoms with E-state index in [0.717, 1.165) is 25.2 Å². The molecule has 2 aliphatic rings. The van der Waals surface area contributed by atoms with Crippen molar-refractivity contribution >= 4 is 12.2 Å². The molecule has 20 heavy (non-hydrogen) atoms. The fourth-order valence-electron chi connectivity index (χ4n) is 4.64. The van der Waals surface area contributed by atoms with Crippen molar-refractivity contribution in [3.8, 4) is 0 Å². The Balaban J connectivity index is 2.14. The van der Waals surface area contributed by atoms with Crippen LogP contribution < -0.4 is 0 Å². The molecule has 4 heteroatoms. The SMILES string of the molecule is CCCC(N=C=O)C1CC2CC(C(CC)N=C=O)C1C2. The van der Waals surface area contributed by atoms with Crippen LogP contribution in [0.25, 0.3) is 0 Å². The lowest BCUT2D eigenvalue weighted by molar-refractivity contribution is 0.176. The topological polar surface area (TPSA) is 58.9 Å². The molecule has 2 fully saturated rings. The zero-order chi connectivity index (χ0) is 14.5. The second-order valence-electron chi connectivity index (χ2n) is 6.34. The van der Waals surface area contributed by atoms with E-state index in [1.54, 1.807) is 12.2 Å². The smallest absolute Gasteiger partial charge is 0.211 e. The Hall–Kier alpha value is -1.24. The summed E-state index contributed by atoms with van der Waals surface area (Å²) < 4.78 is 0. The van der Waals surface area contributed by atoms with Crippen LogP contribution in [-0.4, -0.2) is 24.2 Å². The van der Waals surface area contributed by atoms with Gasteiger partial charge < -0.3 is 0 Å². The van der Waals surface area contributed by atoms with Gasteiger partial charge in [0.15, 0.2) is 0 Å². The van der Waals surface area contributed by atoms with E-state index in [1.165, 1.54) is 19.3 Å². The normalized spacial score (nSPS) is 34.1. The van der Waals surface area contributed by atoms with Crippen molar-refractivity contribution in [1.82, 2.24) is 0 Å². The lowest BCUT2D eigenvalue weighted by atomic mass is 9.73. The van der Waals surface area contributed by atoms with E-state index in [9.17, 15) is 9.59 Å². The van der Waals surface area contributed by atoms with Crippen molar-refractivity contribution in [1.29, 1.82) is 0 Å². The van der Waals surface area contributed by atoms with E-state index in [1.807, 2.05) is 0 Å². The van der Waals surface area contributed by atoms with Gasteiger partial charge in [0.25, 0.3) is 0 Å². The molecule has 2 bridgehead atoms. The van der Waals surface area contributed by atoms with Crippen LogP contribution in [0.1, 0.15) is 52.4 Å². The average molecular weight is 276 g/mol. The van der Waals surface area contributed by atoms with Gasteiger partial charge >= 0.3 is 0 Å². The van der Waals surface area contributed by atoms with E-state index in [2.05, 4.69) is 23.8 Å². The van der Waals surface area contributed by atoms with Crippen molar-refractivity contribution < 1.29 is 9.59 Å². The second-order valence-corrected chi connectivity index (χ2v) is 6.34. The molecular formula is C16H24N2O2. The van der Waals surface area contributed by atoms with Gasteiger partial charge in [0.2, 0.25) is 12.2 Å². The Morgan fingerprint density at radius 2 is 1.60 bits per heavy atom. The minimum atomic E-state index is 0.104. The molecule has 0 N–H and O–H groups in total. The minimum absolute atomic E-state index is 0.104. The summed E-state index contributed by atoms with van der Waals surface area (Å²) in [4.78, 5) is 29.3. The first-order valence-electron chi connectivity index (χ1n) is 7.89. The summed E-state index contributed by atoms with van der Waals surface area (Å²) in [7, 11) is 0. The summed E-state index contributed by atoms with van der Waals surface area (Å²) in [5, 5.41) is 0. The Bertz CT molecular complexity index is 424. The molecule has 6 atom stereocenters. The number of rotatable bonds is 7. The number of carbonyl (C=O) groups excluding carboxylic acids is 2. The van der Waals surface area contributed by atoms with Gasteiger partial charge in [0.1, 0.15) is 0 Å².